The molecule has 1 amide bonds. The van der Waals surface area contributed by atoms with Crippen molar-refractivity contribution >= 4 is 5.91 Å². The van der Waals surface area contributed by atoms with Crippen LogP contribution in [0.1, 0.15) is 21.5 Å². The minimum atomic E-state index is -0.123. The number of hydrogen-bond acceptors (Lipinski definition) is 4. The Balaban J connectivity index is 1.69. The quantitative estimate of drug-likeness (QED) is 0.916. The van der Waals surface area contributed by atoms with E-state index in [9.17, 15) is 4.79 Å². The highest BCUT2D eigenvalue weighted by atomic mass is 16.5. The molecule has 1 aliphatic rings. The van der Waals surface area contributed by atoms with E-state index < -0.39 is 0 Å². The second-order valence-electron chi connectivity index (χ2n) is 6.14. The van der Waals surface area contributed by atoms with Crippen LogP contribution in [0.3, 0.4) is 0 Å². The number of nitrogens with zero attached hydrogens (tertiary/aromatic N) is 1. The Hall–Kier alpha value is -2.40. The van der Waals surface area contributed by atoms with Crippen LogP contribution in [-0.4, -0.2) is 37.3 Å². The van der Waals surface area contributed by atoms with Gasteiger partial charge in [0.15, 0.2) is 0 Å². The van der Waals surface area contributed by atoms with Crippen molar-refractivity contribution in [2.24, 2.45) is 5.92 Å². The highest BCUT2D eigenvalue weighted by Gasteiger charge is 2.30. The van der Waals surface area contributed by atoms with E-state index >= 15 is 0 Å². The molecule has 126 valence electrons. The summed E-state index contributed by atoms with van der Waals surface area (Å²) in [4.78, 5) is 16.7. The van der Waals surface area contributed by atoms with Crippen molar-refractivity contribution in [3.8, 4) is 5.75 Å². The molecule has 5 heteroatoms. The maximum Gasteiger partial charge on any atom is 0.255 e. The molecule has 5 nitrogen and oxygen atoms in total. The number of rotatable bonds is 5. The van der Waals surface area contributed by atoms with E-state index in [1.165, 1.54) is 5.56 Å². The van der Waals surface area contributed by atoms with Gasteiger partial charge in [0.1, 0.15) is 5.75 Å². The summed E-state index contributed by atoms with van der Waals surface area (Å²) in [5.74, 6) is 0.729. The van der Waals surface area contributed by atoms with Crippen LogP contribution in [-0.2, 0) is 11.2 Å². The van der Waals surface area contributed by atoms with Crippen molar-refractivity contribution < 1.29 is 14.3 Å². The summed E-state index contributed by atoms with van der Waals surface area (Å²) in [5, 5.41) is 3.10. The van der Waals surface area contributed by atoms with Gasteiger partial charge in [-0.25, -0.2) is 0 Å². The smallest absolute Gasteiger partial charge is 0.255 e. The lowest BCUT2D eigenvalue weighted by molar-refractivity contribution is 0.0922. The Morgan fingerprint density at radius 2 is 2.08 bits per heavy atom. The molecule has 1 aliphatic heterocycles. The fraction of sp³-hybridized carbons (Fsp3) is 0.368. The molecule has 0 aliphatic carbocycles. The number of ether oxygens (including phenoxy) is 2. The Bertz CT molecular complexity index is 703. The van der Waals surface area contributed by atoms with Gasteiger partial charge in [0.2, 0.25) is 0 Å². The topological polar surface area (TPSA) is 60.5 Å². The Kier molecular flexibility index (Phi) is 5.11. The maximum absolute atomic E-state index is 12.6. The van der Waals surface area contributed by atoms with Crippen LogP contribution in [0.2, 0.25) is 0 Å². The van der Waals surface area contributed by atoms with Gasteiger partial charge in [-0.3, -0.25) is 9.78 Å². The van der Waals surface area contributed by atoms with Crippen LogP contribution in [0.15, 0.2) is 42.7 Å². The van der Waals surface area contributed by atoms with Crippen molar-refractivity contribution in [2.75, 3.05) is 20.3 Å². The molecule has 1 fully saturated rings. The van der Waals surface area contributed by atoms with Crippen LogP contribution >= 0.6 is 0 Å². The molecule has 1 aromatic carbocycles. The van der Waals surface area contributed by atoms with E-state index in [0.717, 1.165) is 12.0 Å². The number of carbonyl (C=O) groups excluding carboxylic acids is 1. The zero-order valence-corrected chi connectivity index (χ0v) is 14.0. The molecule has 0 radical (unpaired) electrons. The maximum atomic E-state index is 12.6. The highest BCUT2D eigenvalue weighted by molar-refractivity contribution is 5.97. The van der Waals surface area contributed by atoms with E-state index in [4.69, 9.17) is 9.47 Å². The Morgan fingerprint density at radius 1 is 1.29 bits per heavy atom. The fourth-order valence-corrected chi connectivity index (χ4v) is 3.01. The number of nitrogens with one attached hydrogen (secondary N) is 1. The summed E-state index contributed by atoms with van der Waals surface area (Å²) in [6, 6.07) is 9.58. The van der Waals surface area contributed by atoms with Gasteiger partial charge in [-0.15, -0.1) is 0 Å². The molecule has 3 rings (SSSR count). The summed E-state index contributed by atoms with van der Waals surface area (Å²) in [6.45, 7) is 3.16. The Labute approximate surface area is 142 Å². The van der Waals surface area contributed by atoms with E-state index in [2.05, 4.69) is 10.3 Å². The molecule has 0 saturated carbocycles. The molecule has 0 spiro atoms. The first-order valence-corrected chi connectivity index (χ1v) is 8.09. The molecule has 1 N–H and O–H groups in total. The van der Waals surface area contributed by atoms with Gasteiger partial charge in [0.05, 0.1) is 31.9 Å². The molecule has 1 aromatic heterocycles. The van der Waals surface area contributed by atoms with Gasteiger partial charge in [-0.05, 0) is 48.7 Å². The second-order valence-corrected chi connectivity index (χ2v) is 6.14. The van der Waals surface area contributed by atoms with Crippen LogP contribution in [0.5, 0.6) is 5.75 Å². The normalized spacial score (nSPS) is 19.9. The third-order valence-electron chi connectivity index (χ3n) is 4.36. The number of methoxy groups -OCH3 is 1. The lowest BCUT2D eigenvalue weighted by Gasteiger charge is -2.20. The van der Waals surface area contributed by atoms with Crippen LogP contribution < -0.4 is 10.1 Å². The van der Waals surface area contributed by atoms with E-state index in [-0.39, 0.29) is 17.9 Å². The fourth-order valence-electron chi connectivity index (χ4n) is 3.01. The summed E-state index contributed by atoms with van der Waals surface area (Å²) in [7, 11) is 1.58. The molecule has 2 atom stereocenters. The molecule has 0 unspecified atom stereocenters. The molecule has 0 bridgehead atoms. The zero-order valence-electron chi connectivity index (χ0n) is 14.0. The molecular weight excluding hydrogens is 304 g/mol. The first-order valence-electron chi connectivity index (χ1n) is 8.09. The summed E-state index contributed by atoms with van der Waals surface area (Å²) >= 11 is 0. The third kappa shape index (κ3) is 3.74. The second kappa shape index (κ2) is 7.45. The van der Waals surface area contributed by atoms with Gasteiger partial charge in [0, 0.05) is 18.3 Å². The SMILES string of the molecule is COc1cc(C)ccc1C(=O)N[C@@H]1COC[C@H]1Cc1ccncc1. The van der Waals surface area contributed by atoms with Gasteiger partial charge >= 0.3 is 0 Å². The average Bonchev–Trinajstić information content (AvgIpc) is 3.02. The average molecular weight is 326 g/mol. The van der Waals surface area contributed by atoms with Crippen LogP contribution in [0.25, 0.3) is 0 Å². The van der Waals surface area contributed by atoms with Crippen molar-refractivity contribution in [1.82, 2.24) is 10.3 Å². The first-order chi connectivity index (χ1) is 11.7. The van der Waals surface area contributed by atoms with Gasteiger partial charge in [-0.1, -0.05) is 6.07 Å². The minimum absolute atomic E-state index is 0.00308. The largest absolute Gasteiger partial charge is 0.496 e. The monoisotopic (exact) mass is 326 g/mol. The van der Waals surface area contributed by atoms with Gasteiger partial charge in [-0.2, -0.15) is 0 Å². The van der Waals surface area contributed by atoms with E-state index in [1.54, 1.807) is 25.6 Å². The predicted octanol–water partition coefficient (Wildman–Crippen LogP) is 2.39. The summed E-state index contributed by atoms with van der Waals surface area (Å²) in [6.07, 6.45) is 4.43. The van der Waals surface area contributed by atoms with E-state index in [0.29, 0.717) is 24.5 Å². The standard InChI is InChI=1S/C19H22N2O3/c1-13-3-4-16(18(9-13)23-2)19(22)21-17-12-24-11-15(17)10-14-5-7-20-8-6-14/h3-9,15,17H,10-12H2,1-2H3,(H,21,22)/t15-,17-/m1/s1. The number of aryl methyl sites for hydroxylation is 1. The number of benzene rings is 1. The molecular formula is C19H22N2O3. The summed E-state index contributed by atoms with van der Waals surface area (Å²) < 4.78 is 10.9. The Morgan fingerprint density at radius 3 is 2.83 bits per heavy atom. The van der Waals surface area contributed by atoms with Crippen molar-refractivity contribution in [1.29, 1.82) is 0 Å². The predicted molar refractivity (Wildman–Crippen MR) is 91.2 cm³/mol. The van der Waals surface area contributed by atoms with Crippen molar-refractivity contribution in [3.63, 3.8) is 0 Å². The first kappa shape index (κ1) is 16.5. The van der Waals surface area contributed by atoms with Gasteiger partial charge in [0.25, 0.3) is 5.91 Å². The molecule has 2 aromatic rings. The number of aromatic nitrogens is 1. The van der Waals surface area contributed by atoms with Crippen molar-refractivity contribution in [3.05, 3.63) is 59.4 Å². The number of pyridine rings is 1. The molecule has 24 heavy (non-hydrogen) atoms. The lowest BCUT2D eigenvalue weighted by Crippen LogP contribution is -2.40. The lowest BCUT2D eigenvalue weighted by atomic mass is 9.95. The minimum Gasteiger partial charge on any atom is -0.496 e. The number of amides is 1. The van der Waals surface area contributed by atoms with E-state index in [1.807, 2.05) is 31.2 Å². The zero-order chi connectivity index (χ0) is 16.9. The van der Waals surface area contributed by atoms with Crippen LogP contribution in [0.4, 0.5) is 0 Å². The van der Waals surface area contributed by atoms with Crippen molar-refractivity contribution in [2.45, 2.75) is 19.4 Å². The summed E-state index contributed by atoms with van der Waals surface area (Å²) in [5.41, 5.74) is 2.81. The number of hydrogen-bond donors (Lipinski definition) is 1. The highest BCUT2D eigenvalue weighted by Crippen LogP contribution is 2.23. The third-order valence-corrected chi connectivity index (χ3v) is 4.36. The molecule has 1 saturated heterocycles. The number of carbonyl (C=O) groups is 1. The van der Waals surface area contributed by atoms with Gasteiger partial charge < -0.3 is 14.8 Å². The van der Waals surface area contributed by atoms with Crippen LogP contribution in [0, 0.1) is 12.8 Å². The molecule has 2 heterocycles.